The molecule has 0 N–H and O–H groups in total. The molecule has 1 unspecified atom stereocenters. The molecule has 3 heterocycles. The summed E-state index contributed by atoms with van der Waals surface area (Å²) in [6, 6.07) is 52.3. The first-order valence-corrected chi connectivity index (χ1v) is 21.5. The second-order valence-electron chi connectivity index (χ2n) is 16.9. The van der Waals surface area contributed by atoms with E-state index in [9.17, 15) is 0 Å². The summed E-state index contributed by atoms with van der Waals surface area (Å²) in [5.74, 6) is 2.70. The molecule has 59 heavy (non-hydrogen) atoms. The number of anilines is 2. The van der Waals surface area contributed by atoms with Gasteiger partial charge in [-0.05, 0) is 17.0 Å². The van der Waals surface area contributed by atoms with E-state index in [-0.39, 0.29) is 5.41 Å². The molecule has 6 aromatic carbocycles. The van der Waals surface area contributed by atoms with Crippen molar-refractivity contribution < 1.29 is 24.1 Å². The molecule has 0 bridgehead atoms. The molecule has 0 spiro atoms. The molecule has 1 aliphatic rings. The van der Waals surface area contributed by atoms with Gasteiger partial charge in [0.15, 0.2) is 0 Å². The van der Waals surface area contributed by atoms with Crippen molar-refractivity contribution in [2.24, 2.45) is 5.92 Å². The zero-order chi connectivity index (χ0) is 41.0. The quantitative estimate of drug-likeness (QED) is 0.149. The van der Waals surface area contributed by atoms with Crippen LogP contribution in [0.3, 0.4) is 0 Å². The first kappa shape index (κ1) is 38.7. The van der Waals surface area contributed by atoms with Gasteiger partial charge in [0, 0.05) is 6.20 Å². The number of para-hydroxylation sites is 2. The summed E-state index contributed by atoms with van der Waals surface area (Å²) in [6.07, 6.45) is 2.91. The zero-order valence-electron chi connectivity index (χ0n) is 34.7. The van der Waals surface area contributed by atoms with Crippen LogP contribution in [0, 0.1) is 42.6 Å². The molecule has 0 saturated carbocycles. The van der Waals surface area contributed by atoms with Gasteiger partial charge in [0.05, 0.1) is 0 Å². The van der Waals surface area contributed by atoms with Gasteiger partial charge < -0.3 is 0 Å². The Morgan fingerprint density at radius 2 is 1.29 bits per heavy atom. The topological polar surface area (TPSA) is 35.2 Å². The van der Waals surface area contributed by atoms with E-state index < -0.39 is 0 Å². The number of fused-ring (bicyclic) bond motifs is 2. The molecular formula is C53H48N4OPt-2. The number of ether oxygens (including phenoxy) is 1. The fourth-order valence-electron chi connectivity index (χ4n) is 8.62. The van der Waals surface area contributed by atoms with Gasteiger partial charge >= 0.3 is 310 Å². The van der Waals surface area contributed by atoms with Gasteiger partial charge in [0.25, 0.3) is 0 Å². The van der Waals surface area contributed by atoms with Crippen LogP contribution in [0.25, 0.3) is 44.7 Å². The van der Waals surface area contributed by atoms with E-state index in [1.807, 2.05) is 18.3 Å². The first-order valence-electron chi connectivity index (χ1n) is 20.4. The number of benzene rings is 6. The van der Waals surface area contributed by atoms with E-state index in [4.69, 9.17) is 9.72 Å². The minimum absolute atomic E-state index is 0.0198. The number of hydrogen-bond acceptors (Lipinski definition) is 3. The van der Waals surface area contributed by atoms with Crippen molar-refractivity contribution in [1.82, 2.24) is 14.1 Å². The Bertz CT molecular complexity index is 2850. The molecular weight excluding hydrogens is 904 g/mol. The minimum atomic E-state index is 0.0198. The van der Waals surface area contributed by atoms with Gasteiger partial charge in [0.2, 0.25) is 0 Å². The van der Waals surface area contributed by atoms with Crippen molar-refractivity contribution in [3.63, 3.8) is 0 Å². The predicted molar refractivity (Wildman–Crippen MR) is 238 cm³/mol. The molecule has 0 saturated heterocycles. The SMILES string of the molecule is Cc1c(C)c(-c2ccccc2)c(-n2[c](=[Pt])n(-c3[c-]c(Oc4[c-]c5c(cc4)CC(C)CN5c4cc(C(C)(C)C)ccn4)ccc3)c3ccccc32)c(-c2ccccc2)c1C. The Kier molecular flexibility index (Phi) is 10.1. The maximum absolute atomic E-state index is 6.66. The van der Waals surface area contributed by atoms with Crippen LogP contribution < -0.4 is 9.64 Å². The Morgan fingerprint density at radius 1 is 0.678 bits per heavy atom. The Labute approximate surface area is 359 Å². The molecule has 1 atom stereocenters. The maximum atomic E-state index is 6.66. The second-order valence-corrected chi connectivity index (χ2v) is 17.9. The van der Waals surface area contributed by atoms with Gasteiger partial charge in [0.1, 0.15) is 0 Å². The molecule has 0 amide bonds. The van der Waals surface area contributed by atoms with Crippen LogP contribution in [-0.4, -0.2) is 20.7 Å². The van der Waals surface area contributed by atoms with Crippen molar-refractivity contribution in [1.29, 1.82) is 0 Å². The fraction of sp³-hybridized carbons (Fsp3) is 0.208. The summed E-state index contributed by atoms with van der Waals surface area (Å²) < 4.78 is 12.4. The van der Waals surface area contributed by atoms with E-state index in [2.05, 4.69) is 209 Å². The first-order chi connectivity index (χ1) is 28.5. The van der Waals surface area contributed by atoms with Gasteiger partial charge in [-0.1, -0.05) is 27.7 Å². The Balaban J connectivity index is 1.17. The Morgan fingerprint density at radius 3 is 1.93 bits per heavy atom. The predicted octanol–water partition coefficient (Wildman–Crippen LogP) is 13.2. The normalized spacial score (nSPS) is 14.1. The third kappa shape index (κ3) is 7.10. The number of hydrogen-bond donors (Lipinski definition) is 0. The summed E-state index contributed by atoms with van der Waals surface area (Å²) in [4.78, 5) is 7.14. The monoisotopic (exact) mass is 951 g/mol. The molecule has 8 aromatic rings. The van der Waals surface area contributed by atoms with Crippen molar-refractivity contribution in [3.05, 3.63) is 177 Å². The van der Waals surface area contributed by atoms with Crippen molar-refractivity contribution in [2.45, 2.75) is 60.3 Å². The zero-order valence-corrected chi connectivity index (χ0v) is 37.0. The molecule has 1 aliphatic heterocycles. The molecule has 0 radical (unpaired) electrons. The van der Waals surface area contributed by atoms with Crippen LogP contribution in [0.1, 0.15) is 55.5 Å². The summed E-state index contributed by atoms with van der Waals surface area (Å²) >= 11 is 2.50. The van der Waals surface area contributed by atoms with Gasteiger partial charge in [-0.2, -0.15) is 0 Å². The van der Waals surface area contributed by atoms with Crippen molar-refractivity contribution >= 4 is 22.5 Å². The van der Waals surface area contributed by atoms with Crippen LogP contribution in [0.4, 0.5) is 11.5 Å². The van der Waals surface area contributed by atoms with Gasteiger partial charge in [-0.15, -0.1) is 0 Å². The van der Waals surface area contributed by atoms with Crippen molar-refractivity contribution in [3.8, 4) is 45.1 Å². The standard InChI is InChI=1S/C53H48N4O.Pt/c1-35-29-41-25-26-45(32-48(41)55(33-35)49-30-42(27-28-54-49)53(5,6)7)58-44-22-16-21-43(31-44)56-34-57(47-24-15-14-23-46(47)56)52-50(39-17-10-8-11-18-39)37(3)36(2)38(4)51(52)40-19-12-9-13-20-40;/h8-28,30,35H,29,33H2,1-7H3;/q-2;. The van der Waals surface area contributed by atoms with E-state index in [0.29, 0.717) is 17.4 Å². The van der Waals surface area contributed by atoms with E-state index >= 15 is 0 Å². The van der Waals surface area contributed by atoms with E-state index in [0.717, 1.165) is 45.0 Å². The summed E-state index contributed by atoms with van der Waals surface area (Å²) in [5.41, 5.74) is 16.5. The molecule has 9 rings (SSSR count). The summed E-state index contributed by atoms with van der Waals surface area (Å²) in [6.45, 7) is 16.7. The number of imidazole rings is 1. The fourth-order valence-corrected chi connectivity index (χ4v) is 9.69. The van der Waals surface area contributed by atoms with Gasteiger partial charge in [-0.25, -0.2) is 0 Å². The van der Waals surface area contributed by atoms with Crippen LogP contribution in [0.2, 0.25) is 0 Å². The Hall–Kier alpha value is -5.77. The van der Waals surface area contributed by atoms with Gasteiger partial charge in [-0.3, -0.25) is 0 Å². The van der Waals surface area contributed by atoms with E-state index in [1.54, 1.807) is 0 Å². The summed E-state index contributed by atoms with van der Waals surface area (Å²) in [5, 5.41) is 0. The molecule has 298 valence electrons. The third-order valence-electron chi connectivity index (χ3n) is 11.8. The van der Waals surface area contributed by atoms with E-state index in [1.165, 1.54) is 55.8 Å². The molecule has 6 heteroatoms. The van der Waals surface area contributed by atoms with Crippen LogP contribution in [0.5, 0.6) is 11.5 Å². The summed E-state index contributed by atoms with van der Waals surface area (Å²) in [7, 11) is 0. The van der Waals surface area contributed by atoms with Crippen molar-refractivity contribution in [2.75, 3.05) is 11.4 Å². The number of pyridine rings is 1. The number of nitrogens with zero attached hydrogens (tertiary/aromatic N) is 4. The van der Waals surface area contributed by atoms with Crippen LogP contribution in [-0.2, 0) is 31.2 Å². The molecule has 5 nitrogen and oxygen atoms in total. The molecule has 2 aromatic heterocycles. The van der Waals surface area contributed by atoms with Crippen LogP contribution >= 0.6 is 0 Å². The van der Waals surface area contributed by atoms with Crippen LogP contribution in [0.15, 0.2) is 134 Å². The average molecular weight is 952 g/mol. The number of aromatic nitrogens is 3. The second kappa shape index (κ2) is 15.4. The average Bonchev–Trinajstić information content (AvgIpc) is 3.54. The molecule has 0 fully saturated rings. The number of rotatable bonds is 7. The molecule has 0 aliphatic carbocycles. The third-order valence-corrected chi connectivity index (χ3v) is 12.8.